The lowest BCUT2D eigenvalue weighted by Crippen LogP contribution is -2.05. The molecule has 2 aromatic rings. The van der Waals surface area contributed by atoms with Crippen LogP contribution in [0.25, 0.3) is 0 Å². The first-order valence-corrected chi connectivity index (χ1v) is 7.44. The molecule has 0 aromatic heterocycles. The summed E-state index contributed by atoms with van der Waals surface area (Å²) in [6.07, 6.45) is 0. The van der Waals surface area contributed by atoms with Gasteiger partial charge in [-0.3, -0.25) is 14.9 Å². The third-order valence-electron chi connectivity index (χ3n) is 3.11. The molecule has 21 heavy (non-hydrogen) atoms. The van der Waals surface area contributed by atoms with Gasteiger partial charge in [0.1, 0.15) is 0 Å². The minimum absolute atomic E-state index is 0.0145. The lowest BCUT2D eigenvalue weighted by atomic mass is 10.0. The van der Waals surface area contributed by atoms with Crippen LogP contribution in [-0.2, 0) is 0 Å². The average molecular weight is 301 g/mol. The molecule has 5 heteroatoms. The molecule has 0 amide bonds. The number of thioether (sulfide) groups is 1. The van der Waals surface area contributed by atoms with Gasteiger partial charge in [0.2, 0.25) is 0 Å². The summed E-state index contributed by atoms with van der Waals surface area (Å²) >= 11 is 1.20. The van der Waals surface area contributed by atoms with Crippen molar-refractivity contribution in [1.82, 2.24) is 0 Å². The van der Waals surface area contributed by atoms with Crippen molar-refractivity contribution >= 4 is 23.2 Å². The van der Waals surface area contributed by atoms with Crippen molar-refractivity contribution in [3.05, 3.63) is 69.3 Å². The van der Waals surface area contributed by atoms with Crippen molar-refractivity contribution in [2.45, 2.75) is 18.7 Å². The first kappa shape index (κ1) is 15.3. The highest BCUT2D eigenvalue weighted by molar-refractivity contribution is 8.00. The van der Waals surface area contributed by atoms with Gasteiger partial charge >= 0.3 is 0 Å². The maximum absolute atomic E-state index is 12.3. The molecule has 0 unspecified atom stereocenters. The Morgan fingerprint density at radius 2 is 1.90 bits per heavy atom. The molecule has 0 fully saturated rings. The van der Waals surface area contributed by atoms with Crippen LogP contribution < -0.4 is 0 Å². The van der Waals surface area contributed by atoms with E-state index < -0.39 is 4.92 Å². The summed E-state index contributed by atoms with van der Waals surface area (Å²) in [4.78, 5) is 23.3. The van der Waals surface area contributed by atoms with E-state index in [0.29, 0.717) is 10.5 Å². The van der Waals surface area contributed by atoms with Crippen molar-refractivity contribution in [1.29, 1.82) is 0 Å². The number of nitro benzene ring substituents is 1. The van der Waals surface area contributed by atoms with Crippen LogP contribution in [0.3, 0.4) is 0 Å². The maximum atomic E-state index is 12.3. The smallest absolute Gasteiger partial charge is 0.282 e. The number of rotatable bonds is 5. The van der Waals surface area contributed by atoms with Gasteiger partial charge in [-0.05, 0) is 31.5 Å². The standard InChI is InChI=1S/C16H15NO3S/c1-11-7-8-12(2)13(9-11)15(18)10-21-16-6-4-3-5-14(16)17(19)20/h3-9H,10H2,1-2H3. The summed E-state index contributed by atoms with van der Waals surface area (Å²) in [5.74, 6) is 0.175. The molecule has 0 atom stereocenters. The van der Waals surface area contributed by atoms with Crippen LogP contribution in [0.15, 0.2) is 47.4 Å². The number of carbonyl (C=O) groups is 1. The van der Waals surface area contributed by atoms with Gasteiger partial charge in [-0.25, -0.2) is 0 Å². The van der Waals surface area contributed by atoms with E-state index in [1.807, 2.05) is 32.0 Å². The molecule has 108 valence electrons. The summed E-state index contributed by atoms with van der Waals surface area (Å²) in [5, 5.41) is 10.9. The Morgan fingerprint density at radius 1 is 1.19 bits per heavy atom. The van der Waals surface area contributed by atoms with E-state index in [2.05, 4.69) is 0 Å². The molecular formula is C16H15NO3S. The summed E-state index contributed by atoms with van der Waals surface area (Å²) in [7, 11) is 0. The van der Waals surface area contributed by atoms with E-state index in [-0.39, 0.29) is 17.2 Å². The highest BCUT2D eigenvalue weighted by atomic mass is 32.2. The number of carbonyl (C=O) groups excluding carboxylic acids is 1. The number of ketones is 1. The van der Waals surface area contributed by atoms with E-state index in [1.54, 1.807) is 18.2 Å². The van der Waals surface area contributed by atoms with E-state index in [0.717, 1.165) is 11.1 Å². The highest BCUT2D eigenvalue weighted by Gasteiger charge is 2.15. The second kappa shape index (κ2) is 6.54. The van der Waals surface area contributed by atoms with Gasteiger partial charge in [-0.1, -0.05) is 29.8 Å². The van der Waals surface area contributed by atoms with Crippen molar-refractivity contribution < 1.29 is 9.72 Å². The molecule has 0 heterocycles. The zero-order valence-electron chi connectivity index (χ0n) is 11.8. The van der Waals surface area contributed by atoms with Crippen molar-refractivity contribution in [3.8, 4) is 0 Å². The Kier molecular flexibility index (Phi) is 4.75. The molecule has 2 rings (SSSR count). The van der Waals surface area contributed by atoms with Crippen molar-refractivity contribution in [2.75, 3.05) is 5.75 Å². The second-order valence-corrected chi connectivity index (χ2v) is 5.77. The van der Waals surface area contributed by atoms with E-state index in [9.17, 15) is 14.9 Å². The zero-order chi connectivity index (χ0) is 15.4. The van der Waals surface area contributed by atoms with Crippen LogP contribution in [0.5, 0.6) is 0 Å². The molecule has 0 saturated carbocycles. The van der Waals surface area contributed by atoms with E-state index in [1.165, 1.54) is 17.8 Å². The summed E-state index contributed by atoms with van der Waals surface area (Å²) in [6.45, 7) is 3.83. The van der Waals surface area contributed by atoms with E-state index >= 15 is 0 Å². The second-order valence-electron chi connectivity index (χ2n) is 4.76. The van der Waals surface area contributed by atoms with Gasteiger partial charge in [-0.15, -0.1) is 11.8 Å². The van der Waals surface area contributed by atoms with Gasteiger partial charge in [0.15, 0.2) is 5.78 Å². The van der Waals surface area contributed by atoms with Gasteiger partial charge < -0.3 is 0 Å². The fourth-order valence-electron chi connectivity index (χ4n) is 1.99. The predicted octanol–water partition coefficient (Wildman–Crippen LogP) is 4.19. The topological polar surface area (TPSA) is 60.2 Å². The molecule has 0 aliphatic rings. The average Bonchev–Trinajstić information content (AvgIpc) is 2.47. The van der Waals surface area contributed by atoms with Gasteiger partial charge in [-0.2, -0.15) is 0 Å². The van der Waals surface area contributed by atoms with Crippen molar-refractivity contribution in [3.63, 3.8) is 0 Å². The minimum Gasteiger partial charge on any atom is -0.293 e. The largest absolute Gasteiger partial charge is 0.293 e. The zero-order valence-corrected chi connectivity index (χ0v) is 12.6. The molecule has 0 aliphatic heterocycles. The number of benzene rings is 2. The third-order valence-corrected chi connectivity index (χ3v) is 4.18. The highest BCUT2D eigenvalue weighted by Crippen LogP contribution is 2.29. The Hall–Kier alpha value is -2.14. The fraction of sp³-hybridized carbons (Fsp3) is 0.188. The predicted molar refractivity (Wildman–Crippen MR) is 84.1 cm³/mol. The summed E-state index contributed by atoms with van der Waals surface area (Å²) in [6, 6.07) is 12.2. The molecule has 0 bridgehead atoms. The van der Waals surface area contributed by atoms with Crippen LogP contribution >= 0.6 is 11.8 Å². The number of Topliss-reactive ketones (excluding diaryl/α,β-unsaturated/α-hetero) is 1. The molecule has 0 spiro atoms. The molecule has 0 radical (unpaired) electrons. The molecule has 4 nitrogen and oxygen atoms in total. The normalized spacial score (nSPS) is 10.4. The molecule has 2 aromatic carbocycles. The fourth-order valence-corrected chi connectivity index (χ4v) is 2.89. The van der Waals surface area contributed by atoms with Crippen LogP contribution in [0.1, 0.15) is 21.5 Å². The number of para-hydroxylation sites is 1. The lowest BCUT2D eigenvalue weighted by molar-refractivity contribution is -0.387. The quantitative estimate of drug-likeness (QED) is 0.359. The Bertz CT molecular complexity index is 698. The Morgan fingerprint density at radius 3 is 2.62 bits per heavy atom. The van der Waals surface area contributed by atoms with E-state index in [4.69, 9.17) is 0 Å². The first-order chi connectivity index (χ1) is 9.99. The number of nitrogens with zero attached hydrogens (tertiary/aromatic N) is 1. The van der Waals surface area contributed by atoms with Crippen LogP contribution in [0.4, 0.5) is 5.69 Å². The summed E-state index contributed by atoms with van der Waals surface area (Å²) < 4.78 is 0. The Labute approximate surface area is 127 Å². The third kappa shape index (κ3) is 3.70. The number of hydrogen-bond donors (Lipinski definition) is 0. The minimum atomic E-state index is -0.426. The summed E-state index contributed by atoms with van der Waals surface area (Å²) in [5.41, 5.74) is 2.67. The Balaban J connectivity index is 2.15. The van der Waals surface area contributed by atoms with Gasteiger partial charge in [0, 0.05) is 11.6 Å². The SMILES string of the molecule is Cc1ccc(C)c(C(=O)CSc2ccccc2[N+](=O)[O-])c1. The first-order valence-electron chi connectivity index (χ1n) is 6.45. The van der Waals surface area contributed by atoms with Gasteiger partial charge in [0.05, 0.1) is 15.6 Å². The lowest BCUT2D eigenvalue weighted by Gasteiger charge is -2.06. The number of aryl methyl sites for hydroxylation is 2. The van der Waals surface area contributed by atoms with Crippen LogP contribution in [0.2, 0.25) is 0 Å². The molecule has 0 saturated heterocycles. The molecular weight excluding hydrogens is 286 g/mol. The van der Waals surface area contributed by atoms with Crippen LogP contribution in [-0.4, -0.2) is 16.5 Å². The number of hydrogen-bond acceptors (Lipinski definition) is 4. The molecule has 0 N–H and O–H groups in total. The number of nitro groups is 1. The molecule has 0 aliphatic carbocycles. The monoisotopic (exact) mass is 301 g/mol. The maximum Gasteiger partial charge on any atom is 0.282 e. The van der Waals surface area contributed by atoms with Gasteiger partial charge in [0.25, 0.3) is 5.69 Å². The van der Waals surface area contributed by atoms with Crippen molar-refractivity contribution in [2.24, 2.45) is 0 Å². The van der Waals surface area contributed by atoms with Crippen LogP contribution in [0, 0.1) is 24.0 Å².